The largest absolute Gasteiger partial charge is 0.459 e. The van der Waals surface area contributed by atoms with E-state index in [2.05, 4.69) is 6.08 Å². The Hall–Kier alpha value is -0.870. The fourth-order valence-electron chi connectivity index (χ4n) is 3.64. The first-order valence-electron chi connectivity index (χ1n) is 8.73. The first kappa shape index (κ1) is 17.5. The van der Waals surface area contributed by atoms with Gasteiger partial charge in [-0.3, -0.25) is 0 Å². The second kappa shape index (κ2) is 8.68. The highest BCUT2D eigenvalue weighted by Gasteiger charge is 2.25. The molecule has 0 aromatic rings. The summed E-state index contributed by atoms with van der Waals surface area (Å²) in [4.78, 5) is 12.2. The number of rotatable bonds is 5. The second-order valence-corrected chi connectivity index (χ2v) is 7.04. The van der Waals surface area contributed by atoms with Gasteiger partial charge in [0, 0.05) is 18.8 Å². The number of esters is 1. The molecule has 2 aliphatic rings. The SMILES string of the molecule is CC(=CC1CCC(CO)CC1)C(=O)OC1CCC(CO)CC1. The van der Waals surface area contributed by atoms with Gasteiger partial charge in [0.2, 0.25) is 0 Å². The highest BCUT2D eigenvalue weighted by Crippen LogP contribution is 2.30. The zero-order chi connectivity index (χ0) is 15.9. The van der Waals surface area contributed by atoms with Gasteiger partial charge in [-0.05, 0) is 76.0 Å². The van der Waals surface area contributed by atoms with Gasteiger partial charge in [-0.1, -0.05) is 6.08 Å². The first-order chi connectivity index (χ1) is 10.6. The van der Waals surface area contributed by atoms with Gasteiger partial charge in [-0.25, -0.2) is 4.79 Å². The minimum atomic E-state index is -0.184. The van der Waals surface area contributed by atoms with Crippen molar-refractivity contribution in [3.8, 4) is 0 Å². The molecule has 0 unspecified atom stereocenters. The topological polar surface area (TPSA) is 66.8 Å². The second-order valence-electron chi connectivity index (χ2n) is 7.04. The Labute approximate surface area is 133 Å². The maximum absolute atomic E-state index is 12.2. The molecule has 2 rings (SSSR count). The molecule has 22 heavy (non-hydrogen) atoms. The smallest absolute Gasteiger partial charge is 0.333 e. The summed E-state index contributed by atoms with van der Waals surface area (Å²) in [5.41, 5.74) is 0.719. The Bertz CT molecular complexity index is 375. The number of carbonyl (C=O) groups is 1. The highest BCUT2D eigenvalue weighted by atomic mass is 16.5. The van der Waals surface area contributed by atoms with E-state index in [1.807, 2.05) is 6.92 Å². The van der Waals surface area contributed by atoms with Crippen LogP contribution in [0.3, 0.4) is 0 Å². The average molecular weight is 310 g/mol. The number of carbonyl (C=O) groups excluding carboxylic acids is 1. The van der Waals surface area contributed by atoms with Gasteiger partial charge in [-0.2, -0.15) is 0 Å². The van der Waals surface area contributed by atoms with E-state index in [1.165, 1.54) is 0 Å². The molecule has 4 nitrogen and oxygen atoms in total. The molecule has 2 aliphatic carbocycles. The van der Waals surface area contributed by atoms with E-state index in [0.717, 1.165) is 56.9 Å². The quantitative estimate of drug-likeness (QED) is 0.605. The summed E-state index contributed by atoms with van der Waals surface area (Å²) >= 11 is 0. The maximum atomic E-state index is 12.2. The van der Waals surface area contributed by atoms with Crippen molar-refractivity contribution in [3.63, 3.8) is 0 Å². The van der Waals surface area contributed by atoms with Crippen LogP contribution in [-0.2, 0) is 9.53 Å². The molecule has 2 N–H and O–H groups in total. The van der Waals surface area contributed by atoms with E-state index in [1.54, 1.807) is 0 Å². The molecule has 0 saturated heterocycles. The van der Waals surface area contributed by atoms with Crippen molar-refractivity contribution >= 4 is 5.97 Å². The van der Waals surface area contributed by atoms with Crippen LogP contribution in [0.5, 0.6) is 0 Å². The van der Waals surface area contributed by atoms with Crippen molar-refractivity contribution in [2.24, 2.45) is 17.8 Å². The molecule has 0 atom stereocenters. The van der Waals surface area contributed by atoms with Gasteiger partial charge in [0.25, 0.3) is 0 Å². The minimum absolute atomic E-state index is 0.0174. The molecule has 0 radical (unpaired) electrons. The Morgan fingerprint density at radius 2 is 1.45 bits per heavy atom. The number of aliphatic hydroxyl groups excluding tert-OH is 2. The highest BCUT2D eigenvalue weighted by molar-refractivity contribution is 5.87. The van der Waals surface area contributed by atoms with Crippen molar-refractivity contribution in [2.75, 3.05) is 13.2 Å². The van der Waals surface area contributed by atoms with Crippen LogP contribution in [0, 0.1) is 17.8 Å². The zero-order valence-electron chi connectivity index (χ0n) is 13.7. The average Bonchev–Trinajstić information content (AvgIpc) is 2.56. The van der Waals surface area contributed by atoms with Crippen LogP contribution in [0.25, 0.3) is 0 Å². The lowest BCUT2D eigenvalue weighted by Crippen LogP contribution is -2.26. The number of ether oxygens (including phenoxy) is 1. The fourth-order valence-corrected chi connectivity index (χ4v) is 3.64. The lowest BCUT2D eigenvalue weighted by atomic mass is 9.81. The molecular formula is C18H30O4. The predicted molar refractivity (Wildman–Crippen MR) is 85.2 cm³/mol. The van der Waals surface area contributed by atoms with E-state index >= 15 is 0 Å². The van der Waals surface area contributed by atoms with Crippen LogP contribution in [0.2, 0.25) is 0 Å². The molecule has 0 aliphatic heterocycles. The van der Waals surface area contributed by atoms with E-state index in [-0.39, 0.29) is 25.3 Å². The van der Waals surface area contributed by atoms with Crippen molar-refractivity contribution in [1.82, 2.24) is 0 Å². The molecule has 0 heterocycles. The molecule has 0 aromatic carbocycles. The van der Waals surface area contributed by atoms with E-state index in [9.17, 15) is 4.79 Å². The molecular weight excluding hydrogens is 280 g/mol. The summed E-state index contributed by atoms with van der Waals surface area (Å²) in [6, 6.07) is 0. The molecule has 4 heteroatoms. The van der Waals surface area contributed by atoms with Crippen molar-refractivity contribution in [3.05, 3.63) is 11.6 Å². The lowest BCUT2D eigenvalue weighted by molar-refractivity contribution is -0.146. The van der Waals surface area contributed by atoms with Crippen LogP contribution >= 0.6 is 0 Å². The van der Waals surface area contributed by atoms with Crippen LogP contribution < -0.4 is 0 Å². The number of hydrogen-bond donors (Lipinski definition) is 2. The van der Waals surface area contributed by atoms with Gasteiger partial charge < -0.3 is 14.9 Å². The Kier molecular flexibility index (Phi) is 6.90. The normalized spacial score (nSPS) is 33.5. The minimum Gasteiger partial charge on any atom is -0.459 e. The molecule has 0 bridgehead atoms. The number of aliphatic hydroxyl groups is 2. The molecule has 2 saturated carbocycles. The number of hydrogen-bond acceptors (Lipinski definition) is 4. The van der Waals surface area contributed by atoms with Crippen LogP contribution in [0.4, 0.5) is 0 Å². The van der Waals surface area contributed by atoms with Crippen molar-refractivity contribution < 1.29 is 19.7 Å². The molecule has 2 fully saturated rings. The van der Waals surface area contributed by atoms with E-state index in [4.69, 9.17) is 14.9 Å². The third-order valence-corrected chi connectivity index (χ3v) is 5.28. The van der Waals surface area contributed by atoms with E-state index < -0.39 is 0 Å². The summed E-state index contributed by atoms with van der Waals surface area (Å²) in [6.07, 6.45) is 9.91. The monoisotopic (exact) mass is 310 g/mol. The lowest BCUT2D eigenvalue weighted by Gasteiger charge is -2.28. The summed E-state index contributed by atoms with van der Waals surface area (Å²) in [7, 11) is 0. The Balaban J connectivity index is 1.76. The van der Waals surface area contributed by atoms with Crippen molar-refractivity contribution in [1.29, 1.82) is 0 Å². The Morgan fingerprint density at radius 3 is 1.95 bits per heavy atom. The summed E-state index contributed by atoms with van der Waals surface area (Å²) in [5, 5.41) is 18.3. The van der Waals surface area contributed by atoms with Gasteiger partial charge in [0.15, 0.2) is 0 Å². The Morgan fingerprint density at radius 1 is 0.955 bits per heavy atom. The van der Waals surface area contributed by atoms with E-state index in [0.29, 0.717) is 17.8 Å². The van der Waals surface area contributed by atoms with Crippen LogP contribution in [0.1, 0.15) is 58.3 Å². The molecule has 0 aromatic heterocycles. The fraction of sp³-hybridized carbons (Fsp3) is 0.833. The third-order valence-electron chi connectivity index (χ3n) is 5.28. The summed E-state index contributed by atoms with van der Waals surface area (Å²) in [6.45, 7) is 2.38. The maximum Gasteiger partial charge on any atom is 0.333 e. The third kappa shape index (κ3) is 5.10. The van der Waals surface area contributed by atoms with Crippen LogP contribution in [0.15, 0.2) is 11.6 Å². The summed E-state index contributed by atoms with van der Waals surface area (Å²) < 4.78 is 5.60. The van der Waals surface area contributed by atoms with Gasteiger partial charge >= 0.3 is 5.97 Å². The number of allylic oxidation sites excluding steroid dienone is 1. The summed E-state index contributed by atoms with van der Waals surface area (Å²) in [5.74, 6) is 1.09. The molecule has 0 spiro atoms. The van der Waals surface area contributed by atoms with Gasteiger partial charge in [0.1, 0.15) is 6.10 Å². The zero-order valence-corrected chi connectivity index (χ0v) is 13.7. The standard InChI is InChI=1S/C18H30O4/c1-13(10-14-2-4-15(11-19)5-3-14)18(21)22-17-8-6-16(12-20)7-9-17/h10,14-17,19-20H,2-9,11-12H2,1H3. The van der Waals surface area contributed by atoms with Gasteiger partial charge in [-0.15, -0.1) is 0 Å². The molecule has 0 amide bonds. The predicted octanol–water partition coefficient (Wildman–Crippen LogP) is 2.83. The molecule has 126 valence electrons. The van der Waals surface area contributed by atoms with Crippen molar-refractivity contribution in [2.45, 2.75) is 64.4 Å². The van der Waals surface area contributed by atoms with Gasteiger partial charge in [0.05, 0.1) is 0 Å². The van der Waals surface area contributed by atoms with Crippen LogP contribution in [-0.4, -0.2) is 35.5 Å². The first-order valence-corrected chi connectivity index (χ1v) is 8.73.